The number of nitrogens with zero attached hydrogens (tertiary/aromatic N) is 3. The molecule has 1 heterocycles. The van der Waals surface area contributed by atoms with E-state index in [9.17, 15) is 13.2 Å². The zero-order valence-electron chi connectivity index (χ0n) is 12.5. The third-order valence-electron chi connectivity index (χ3n) is 3.03. The molecule has 0 aromatic carbocycles. The first-order valence-electron chi connectivity index (χ1n) is 6.85. The molecule has 1 aromatic heterocycles. The second-order valence-corrected chi connectivity index (χ2v) is 4.83. The Morgan fingerprint density at radius 2 is 1.95 bits per heavy atom. The van der Waals surface area contributed by atoms with Crippen LogP contribution < -0.4 is 10.2 Å². The molecule has 7 heteroatoms. The molecule has 0 aliphatic carbocycles. The summed E-state index contributed by atoms with van der Waals surface area (Å²) in [6.07, 6.45) is -3.57. The molecule has 4 nitrogen and oxygen atoms in total. The van der Waals surface area contributed by atoms with Gasteiger partial charge in [0.15, 0.2) is 0 Å². The number of anilines is 1. The van der Waals surface area contributed by atoms with E-state index < -0.39 is 12.7 Å². The highest BCUT2D eigenvalue weighted by atomic mass is 19.4. The SMILES string of the molecule is CCCN(CC(F)(F)F)c1c(CNCC)c(C)nn1C. The van der Waals surface area contributed by atoms with Crippen molar-refractivity contribution in [3.63, 3.8) is 0 Å². The molecule has 0 saturated carbocycles. The number of aryl methyl sites for hydroxylation is 2. The van der Waals surface area contributed by atoms with Crippen LogP contribution in [0.25, 0.3) is 0 Å². The van der Waals surface area contributed by atoms with Crippen LogP contribution in [0.2, 0.25) is 0 Å². The molecule has 1 rings (SSSR count). The van der Waals surface area contributed by atoms with Crippen LogP contribution in [-0.2, 0) is 13.6 Å². The number of halogens is 3. The molecule has 0 fully saturated rings. The van der Waals surface area contributed by atoms with Crippen molar-refractivity contribution in [1.29, 1.82) is 0 Å². The van der Waals surface area contributed by atoms with E-state index in [0.717, 1.165) is 17.8 Å². The van der Waals surface area contributed by atoms with Gasteiger partial charge in [-0.25, -0.2) is 0 Å². The lowest BCUT2D eigenvalue weighted by molar-refractivity contribution is -0.119. The predicted octanol–water partition coefficient (Wildman–Crippen LogP) is 2.62. The molecule has 0 aliphatic rings. The predicted molar refractivity (Wildman–Crippen MR) is 73.9 cm³/mol. The summed E-state index contributed by atoms with van der Waals surface area (Å²) in [6, 6.07) is 0. The Morgan fingerprint density at radius 3 is 2.45 bits per heavy atom. The Morgan fingerprint density at radius 1 is 1.30 bits per heavy atom. The van der Waals surface area contributed by atoms with Crippen LogP contribution >= 0.6 is 0 Å². The maximum atomic E-state index is 12.7. The van der Waals surface area contributed by atoms with Crippen molar-refractivity contribution in [2.75, 3.05) is 24.5 Å². The van der Waals surface area contributed by atoms with Crippen molar-refractivity contribution >= 4 is 5.82 Å². The second-order valence-electron chi connectivity index (χ2n) is 4.83. The van der Waals surface area contributed by atoms with Crippen molar-refractivity contribution in [3.05, 3.63) is 11.3 Å². The average Bonchev–Trinajstić information content (AvgIpc) is 2.59. The van der Waals surface area contributed by atoms with E-state index in [1.165, 1.54) is 4.90 Å². The van der Waals surface area contributed by atoms with Crippen LogP contribution in [0.1, 0.15) is 31.5 Å². The van der Waals surface area contributed by atoms with Gasteiger partial charge in [0.1, 0.15) is 12.4 Å². The van der Waals surface area contributed by atoms with Crippen LogP contribution in [0.15, 0.2) is 0 Å². The van der Waals surface area contributed by atoms with Gasteiger partial charge in [0.25, 0.3) is 0 Å². The molecule has 0 bridgehead atoms. The summed E-state index contributed by atoms with van der Waals surface area (Å²) in [7, 11) is 1.69. The van der Waals surface area contributed by atoms with Gasteiger partial charge in [-0.2, -0.15) is 18.3 Å². The molecule has 1 N–H and O–H groups in total. The maximum Gasteiger partial charge on any atom is 0.405 e. The summed E-state index contributed by atoms with van der Waals surface area (Å²) in [5.41, 5.74) is 1.61. The fourth-order valence-electron chi connectivity index (χ4n) is 2.29. The largest absolute Gasteiger partial charge is 0.405 e. The Balaban J connectivity index is 3.10. The minimum atomic E-state index is -4.22. The Kier molecular flexibility index (Phi) is 5.86. The lowest BCUT2D eigenvalue weighted by Crippen LogP contribution is -2.37. The molecule has 0 unspecified atom stereocenters. The third kappa shape index (κ3) is 4.40. The number of nitrogens with one attached hydrogen (secondary N) is 1. The van der Waals surface area contributed by atoms with E-state index in [1.807, 2.05) is 20.8 Å². The van der Waals surface area contributed by atoms with Gasteiger partial charge in [0.05, 0.1) is 5.69 Å². The lowest BCUT2D eigenvalue weighted by atomic mass is 10.2. The van der Waals surface area contributed by atoms with Gasteiger partial charge >= 0.3 is 6.18 Å². The van der Waals surface area contributed by atoms with Crippen LogP contribution in [0.5, 0.6) is 0 Å². The van der Waals surface area contributed by atoms with Crippen molar-refractivity contribution in [3.8, 4) is 0 Å². The fraction of sp³-hybridized carbons (Fsp3) is 0.769. The smallest absolute Gasteiger partial charge is 0.347 e. The number of hydrogen-bond acceptors (Lipinski definition) is 3. The molecule has 1 aromatic rings. The molecular weight excluding hydrogens is 269 g/mol. The average molecular weight is 292 g/mol. The number of hydrogen-bond donors (Lipinski definition) is 1. The molecule has 116 valence electrons. The summed E-state index contributed by atoms with van der Waals surface area (Å²) in [5, 5.41) is 7.42. The fourth-order valence-corrected chi connectivity index (χ4v) is 2.29. The highest BCUT2D eigenvalue weighted by Gasteiger charge is 2.32. The minimum Gasteiger partial charge on any atom is -0.347 e. The van der Waals surface area contributed by atoms with Gasteiger partial charge in [-0.15, -0.1) is 0 Å². The normalized spacial score (nSPS) is 11.9. The van der Waals surface area contributed by atoms with Crippen molar-refractivity contribution < 1.29 is 13.2 Å². The quantitative estimate of drug-likeness (QED) is 0.838. The van der Waals surface area contributed by atoms with Gasteiger partial charge < -0.3 is 10.2 Å². The highest BCUT2D eigenvalue weighted by Crippen LogP contribution is 2.27. The number of aromatic nitrogens is 2. The molecule has 20 heavy (non-hydrogen) atoms. The van der Waals surface area contributed by atoms with E-state index in [-0.39, 0.29) is 0 Å². The molecule has 0 aliphatic heterocycles. The maximum absolute atomic E-state index is 12.7. The highest BCUT2D eigenvalue weighted by molar-refractivity contribution is 5.50. The zero-order valence-corrected chi connectivity index (χ0v) is 12.5. The van der Waals surface area contributed by atoms with E-state index in [0.29, 0.717) is 25.3 Å². The van der Waals surface area contributed by atoms with Crippen LogP contribution in [-0.4, -0.2) is 35.6 Å². The van der Waals surface area contributed by atoms with Crippen molar-refractivity contribution in [2.24, 2.45) is 7.05 Å². The van der Waals surface area contributed by atoms with E-state index in [1.54, 1.807) is 11.7 Å². The standard InChI is InChI=1S/C13H23F3N4/c1-5-7-20(9-13(14,15)16)12-11(8-17-6-2)10(3)18-19(12)4/h17H,5-9H2,1-4H3. The summed E-state index contributed by atoms with van der Waals surface area (Å²) in [5.74, 6) is 0.558. The summed E-state index contributed by atoms with van der Waals surface area (Å²) < 4.78 is 39.8. The van der Waals surface area contributed by atoms with E-state index >= 15 is 0 Å². The second kappa shape index (κ2) is 6.97. The van der Waals surface area contributed by atoms with Gasteiger partial charge in [-0.05, 0) is 19.9 Å². The van der Waals surface area contributed by atoms with Crippen LogP contribution in [0.4, 0.5) is 19.0 Å². The van der Waals surface area contributed by atoms with Crippen LogP contribution in [0.3, 0.4) is 0 Å². The Bertz CT molecular complexity index is 426. The molecule has 0 radical (unpaired) electrons. The number of alkyl halides is 3. The first-order chi connectivity index (χ1) is 9.30. The van der Waals surface area contributed by atoms with E-state index in [2.05, 4.69) is 10.4 Å². The summed E-state index contributed by atoms with van der Waals surface area (Å²) >= 11 is 0. The molecular formula is C13H23F3N4. The van der Waals surface area contributed by atoms with Crippen molar-refractivity contribution in [1.82, 2.24) is 15.1 Å². The molecule has 0 saturated heterocycles. The zero-order chi connectivity index (χ0) is 15.3. The third-order valence-corrected chi connectivity index (χ3v) is 3.03. The van der Waals surface area contributed by atoms with E-state index in [4.69, 9.17) is 0 Å². The molecule has 0 amide bonds. The van der Waals surface area contributed by atoms with Gasteiger partial charge in [-0.3, -0.25) is 4.68 Å². The van der Waals surface area contributed by atoms with Gasteiger partial charge in [-0.1, -0.05) is 13.8 Å². The Hall–Kier alpha value is -1.24. The molecule has 0 spiro atoms. The van der Waals surface area contributed by atoms with Crippen LogP contribution in [0, 0.1) is 6.92 Å². The lowest BCUT2D eigenvalue weighted by Gasteiger charge is -2.26. The first-order valence-corrected chi connectivity index (χ1v) is 6.85. The Labute approximate surface area is 117 Å². The van der Waals surface area contributed by atoms with Gasteiger partial charge in [0, 0.05) is 25.7 Å². The first kappa shape index (κ1) is 16.8. The van der Waals surface area contributed by atoms with Gasteiger partial charge in [0.2, 0.25) is 0 Å². The minimum absolute atomic E-state index is 0.359. The van der Waals surface area contributed by atoms with Crippen molar-refractivity contribution in [2.45, 2.75) is 39.9 Å². The monoisotopic (exact) mass is 292 g/mol. The summed E-state index contributed by atoms with van der Waals surface area (Å²) in [6.45, 7) is 6.37. The summed E-state index contributed by atoms with van der Waals surface area (Å²) in [4.78, 5) is 1.37. The molecule has 0 atom stereocenters. The number of rotatable bonds is 7. The topological polar surface area (TPSA) is 33.1 Å².